The van der Waals surface area contributed by atoms with Gasteiger partial charge >= 0.3 is 0 Å². The number of rotatable bonds is 7. The van der Waals surface area contributed by atoms with E-state index < -0.39 is 0 Å². The van der Waals surface area contributed by atoms with Crippen LogP contribution in [0.5, 0.6) is 0 Å². The summed E-state index contributed by atoms with van der Waals surface area (Å²) >= 11 is 0. The SMILES string of the molecule is CCN(CC)CCN1CCc2[nH]c(C=C3C(=O)Nc4cnc(-c5c(C)cccc5F)cc43)c(C)c2C1=O. The number of aryl methyl sites for hydroxylation is 1. The second kappa shape index (κ2) is 9.94. The van der Waals surface area contributed by atoms with Crippen molar-refractivity contribution in [2.45, 2.75) is 34.1 Å². The van der Waals surface area contributed by atoms with E-state index in [1.165, 1.54) is 6.07 Å². The Kier molecular flexibility index (Phi) is 6.69. The number of aromatic amines is 1. The maximum atomic E-state index is 14.6. The zero-order valence-electron chi connectivity index (χ0n) is 21.7. The monoisotopic (exact) mass is 501 g/mol. The van der Waals surface area contributed by atoms with E-state index in [4.69, 9.17) is 0 Å². The summed E-state index contributed by atoms with van der Waals surface area (Å²) in [6, 6.07) is 6.66. The van der Waals surface area contributed by atoms with Crippen LogP contribution in [0, 0.1) is 19.7 Å². The number of anilines is 1. The van der Waals surface area contributed by atoms with Crippen molar-refractivity contribution >= 4 is 29.2 Å². The van der Waals surface area contributed by atoms with E-state index in [0.717, 1.165) is 48.6 Å². The molecule has 2 aromatic heterocycles. The number of carbonyl (C=O) groups is 2. The molecule has 2 aliphatic rings. The Morgan fingerprint density at radius 2 is 1.95 bits per heavy atom. The maximum absolute atomic E-state index is 14.6. The molecule has 4 heterocycles. The molecule has 0 unspecified atom stereocenters. The zero-order chi connectivity index (χ0) is 26.3. The second-order valence-electron chi connectivity index (χ2n) is 9.65. The van der Waals surface area contributed by atoms with Gasteiger partial charge in [0, 0.05) is 48.6 Å². The van der Waals surface area contributed by atoms with Crippen molar-refractivity contribution in [1.82, 2.24) is 19.8 Å². The quantitative estimate of drug-likeness (QED) is 0.461. The largest absolute Gasteiger partial charge is 0.358 e. The molecule has 5 rings (SSSR count). The van der Waals surface area contributed by atoms with Crippen molar-refractivity contribution in [3.05, 3.63) is 69.9 Å². The van der Waals surface area contributed by atoms with Gasteiger partial charge in [-0.2, -0.15) is 0 Å². The highest BCUT2D eigenvalue weighted by Gasteiger charge is 2.31. The highest BCUT2D eigenvalue weighted by Crippen LogP contribution is 2.37. The van der Waals surface area contributed by atoms with Gasteiger partial charge in [-0.15, -0.1) is 0 Å². The summed E-state index contributed by atoms with van der Waals surface area (Å²) in [5.74, 6) is -0.574. The van der Waals surface area contributed by atoms with Gasteiger partial charge < -0.3 is 20.1 Å². The average molecular weight is 502 g/mol. The Balaban J connectivity index is 1.48. The van der Waals surface area contributed by atoms with Gasteiger partial charge in [-0.1, -0.05) is 26.0 Å². The fraction of sp³-hybridized carbons (Fsp3) is 0.345. The minimum atomic E-state index is -0.354. The lowest BCUT2D eigenvalue weighted by molar-refractivity contribution is -0.110. The smallest absolute Gasteiger partial charge is 0.256 e. The van der Waals surface area contributed by atoms with E-state index in [1.807, 2.05) is 24.8 Å². The highest BCUT2D eigenvalue weighted by atomic mass is 19.1. The number of benzene rings is 1. The number of hydrogen-bond acceptors (Lipinski definition) is 4. The molecule has 3 aromatic rings. The number of nitrogens with zero attached hydrogens (tertiary/aromatic N) is 3. The van der Waals surface area contributed by atoms with Gasteiger partial charge in [0.1, 0.15) is 5.82 Å². The Hall–Kier alpha value is -3.78. The van der Waals surface area contributed by atoms with E-state index in [2.05, 4.69) is 34.0 Å². The van der Waals surface area contributed by atoms with Crippen molar-refractivity contribution in [1.29, 1.82) is 0 Å². The van der Waals surface area contributed by atoms with Crippen LogP contribution in [0.25, 0.3) is 22.9 Å². The third kappa shape index (κ3) is 4.46. The number of likely N-dealkylation sites (N-methyl/N-ethyl adjacent to an activating group) is 1. The molecule has 0 radical (unpaired) electrons. The maximum Gasteiger partial charge on any atom is 0.256 e. The van der Waals surface area contributed by atoms with Gasteiger partial charge in [0.25, 0.3) is 11.8 Å². The minimum Gasteiger partial charge on any atom is -0.358 e. The molecular formula is C29H32FN5O2. The molecule has 192 valence electrons. The van der Waals surface area contributed by atoms with Gasteiger partial charge in [0.15, 0.2) is 0 Å². The first-order valence-electron chi connectivity index (χ1n) is 12.8. The topological polar surface area (TPSA) is 81.3 Å². The summed E-state index contributed by atoms with van der Waals surface area (Å²) in [5.41, 5.74) is 6.55. The molecule has 2 N–H and O–H groups in total. The van der Waals surface area contributed by atoms with Gasteiger partial charge in [-0.05, 0) is 56.3 Å². The van der Waals surface area contributed by atoms with Crippen LogP contribution in [0.1, 0.15) is 52.3 Å². The van der Waals surface area contributed by atoms with Crippen molar-refractivity contribution in [2.24, 2.45) is 0 Å². The van der Waals surface area contributed by atoms with Gasteiger partial charge in [-0.3, -0.25) is 14.6 Å². The number of halogens is 1. The molecule has 0 saturated heterocycles. The lowest BCUT2D eigenvalue weighted by Crippen LogP contribution is -2.42. The Morgan fingerprint density at radius 3 is 2.68 bits per heavy atom. The first-order chi connectivity index (χ1) is 17.8. The van der Waals surface area contributed by atoms with Gasteiger partial charge in [-0.25, -0.2) is 4.39 Å². The van der Waals surface area contributed by atoms with E-state index in [9.17, 15) is 14.0 Å². The molecule has 0 saturated carbocycles. The summed E-state index contributed by atoms with van der Waals surface area (Å²) in [6.45, 7) is 12.1. The van der Waals surface area contributed by atoms with E-state index in [-0.39, 0.29) is 17.6 Å². The predicted octanol–water partition coefficient (Wildman–Crippen LogP) is 4.67. The molecule has 0 spiro atoms. The zero-order valence-corrected chi connectivity index (χ0v) is 21.7. The van der Waals surface area contributed by atoms with Crippen molar-refractivity contribution in [3.8, 4) is 11.3 Å². The molecule has 1 aromatic carbocycles. The highest BCUT2D eigenvalue weighted by molar-refractivity contribution is 6.35. The molecule has 2 aliphatic heterocycles. The third-order valence-corrected chi connectivity index (χ3v) is 7.53. The fourth-order valence-corrected chi connectivity index (χ4v) is 5.29. The van der Waals surface area contributed by atoms with Crippen LogP contribution >= 0.6 is 0 Å². The molecule has 37 heavy (non-hydrogen) atoms. The van der Waals surface area contributed by atoms with Crippen LogP contribution in [0.4, 0.5) is 10.1 Å². The summed E-state index contributed by atoms with van der Waals surface area (Å²) in [6.07, 6.45) is 4.10. The van der Waals surface area contributed by atoms with E-state index >= 15 is 0 Å². The Morgan fingerprint density at radius 1 is 1.16 bits per heavy atom. The normalized spacial score (nSPS) is 15.9. The lowest BCUT2D eigenvalue weighted by atomic mass is 9.99. The number of amides is 2. The molecule has 0 aliphatic carbocycles. The lowest BCUT2D eigenvalue weighted by Gasteiger charge is -2.29. The molecule has 0 bridgehead atoms. The number of pyridine rings is 1. The summed E-state index contributed by atoms with van der Waals surface area (Å²) in [7, 11) is 0. The van der Waals surface area contributed by atoms with Crippen LogP contribution in [-0.4, -0.2) is 64.3 Å². The number of aromatic nitrogens is 2. The van der Waals surface area contributed by atoms with Gasteiger partial charge in [0.05, 0.1) is 28.7 Å². The van der Waals surface area contributed by atoms with Crippen LogP contribution in [-0.2, 0) is 11.2 Å². The molecule has 7 nitrogen and oxygen atoms in total. The van der Waals surface area contributed by atoms with Crippen LogP contribution in [0.3, 0.4) is 0 Å². The van der Waals surface area contributed by atoms with Crippen molar-refractivity contribution in [2.75, 3.05) is 38.0 Å². The molecule has 2 amide bonds. The minimum absolute atomic E-state index is 0.0320. The molecular weight excluding hydrogens is 469 g/mol. The van der Waals surface area contributed by atoms with Crippen LogP contribution < -0.4 is 5.32 Å². The fourth-order valence-electron chi connectivity index (χ4n) is 5.29. The van der Waals surface area contributed by atoms with Crippen LogP contribution in [0.2, 0.25) is 0 Å². The molecule has 0 fully saturated rings. The predicted molar refractivity (Wildman–Crippen MR) is 144 cm³/mol. The van der Waals surface area contributed by atoms with Crippen molar-refractivity contribution < 1.29 is 14.0 Å². The standard InChI is InChI=1S/C29H32FN5O2/c1-5-34(6-2)12-13-35-11-10-22-27(29(35)37)18(4)23(32-22)15-20-19-14-24(31-16-25(19)33-28(20)36)26-17(3)8-7-9-21(26)30/h7-9,14-16,32H,5-6,10-13H2,1-4H3,(H,33,36). The van der Waals surface area contributed by atoms with Gasteiger partial charge in [0.2, 0.25) is 0 Å². The van der Waals surface area contributed by atoms with E-state index in [0.29, 0.717) is 46.7 Å². The Bertz CT molecular complexity index is 1400. The Labute approximate surface area is 216 Å². The number of hydrogen-bond donors (Lipinski definition) is 2. The summed E-state index contributed by atoms with van der Waals surface area (Å²) < 4.78 is 14.6. The second-order valence-corrected chi connectivity index (χ2v) is 9.65. The first kappa shape index (κ1) is 24.9. The van der Waals surface area contributed by atoms with Crippen LogP contribution in [0.15, 0.2) is 30.5 Å². The first-order valence-corrected chi connectivity index (χ1v) is 12.8. The van der Waals surface area contributed by atoms with Crippen molar-refractivity contribution in [3.63, 3.8) is 0 Å². The number of H-pyrrole nitrogens is 1. The number of fused-ring (bicyclic) bond motifs is 2. The number of nitrogens with one attached hydrogen (secondary N) is 2. The van der Waals surface area contributed by atoms with E-state index in [1.54, 1.807) is 24.4 Å². The average Bonchev–Trinajstić information content (AvgIpc) is 3.37. The summed E-state index contributed by atoms with van der Waals surface area (Å²) in [4.78, 5) is 38.3. The number of carbonyl (C=O) groups excluding carboxylic acids is 2. The molecule has 8 heteroatoms. The third-order valence-electron chi connectivity index (χ3n) is 7.53. The molecule has 0 atom stereocenters. The summed E-state index contributed by atoms with van der Waals surface area (Å²) in [5, 5.41) is 2.85.